The highest BCUT2D eigenvalue weighted by Gasteiger charge is 2.20. The molecular formula is C49H31N5. The first-order valence-corrected chi connectivity index (χ1v) is 18.2. The Bertz CT molecular complexity index is 3140. The van der Waals surface area contributed by atoms with Crippen LogP contribution in [-0.2, 0) is 0 Å². The predicted molar refractivity (Wildman–Crippen MR) is 222 cm³/mol. The van der Waals surface area contributed by atoms with Gasteiger partial charge in [-0.2, -0.15) is 0 Å². The highest BCUT2D eigenvalue weighted by atomic mass is 15.0. The first kappa shape index (κ1) is 30.3. The van der Waals surface area contributed by atoms with Crippen molar-refractivity contribution in [2.24, 2.45) is 0 Å². The molecule has 0 unspecified atom stereocenters. The molecule has 0 aliphatic carbocycles. The zero-order valence-corrected chi connectivity index (χ0v) is 29.1. The quantitative estimate of drug-likeness (QED) is 0.181. The fourth-order valence-electron chi connectivity index (χ4n) is 8.08. The van der Waals surface area contributed by atoms with Crippen molar-refractivity contribution in [2.75, 3.05) is 0 Å². The molecule has 0 amide bonds. The van der Waals surface area contributed by atoms with E-state index < -0.39 is 0 Å². The first-order valence-electron chi connectivity index (χ1n) is 18.2. The zero-order valence-electron chi connectivity index (χ0n) is 29.1. The number of benzene rings is 8. The van der Waals surface area contributed by atoms with Crippen LogP contribution < -0.4 is 0 Å². The maximum atomic E-state index is 5.05. The smallest absolute Gasteiger partial charge is 0.164 e. The minimum atomic E-state index is 0.629. The van der Waals surface area contributed by atoms with Crippen LogP contribution in [0.1, 0.15) is 0 Å². The van der Waals surface area contributed by atoms with Crippen LogP contribution in [0.25, 0.3) is 99.9 Å². The number of para-hydroxylation sites is 2. The maximum absolute atomic E-state index is 5.05. The molecule has 11 aromatic rings. The summed E-state index contributed by atoms with van der Waals surface area (Å²) in [6.45, 7) is 0. The molecular weight excluding hydrogens is 659 g/mol. The molecule has 3 heterocycles. The summed E-state index contributed by atoms with van der Waals surface area (Å²) >= 11 is 0. The van der Waals surface area contributed by atoms with Gasteiger partial charge >= 0.3 is 0 Å². The normalized spacial score (nSPS) is 11.7. The van der Waals surface area contributed by atoms with E-state index in [9.17, 15) is 0 Å². The predicted octanol–water partition coefficient (Wildman–Crippen LogP) is 12.2. The van der Waals surface area contributed by atoms with Gasteiger partial charge in [-0.25, -0.2) is 15.0 Å². The number of hydrogen-bond donors (Lipinski definition) is 0. The Morgan fingerprint density at radius 3 is 1.56 bits per heavy atom. The molecule has 0 saturated heterocycles. The molecule has 0 radical (unpaired) electrons. The SMILES string of the molecule is c1ccc(-c2nc(-c3ccccc3)nc(-c3cccc(-n4c5ccccc5c5cc6c7ccc8ccccc8c7n(-c7ccccc7)c6cc54)c3)n2)cc1. The molecule has 0 spiro atoms. The van der Waals surface area contributed by atoms with E-state index in [4.69, 9.17) is 15.0 Å². The van der Waals surface area contributed by atoms with Crippen LogP contribution in [0.4, 0.5) is 0 Å². The molecule has 8 aromatic carbocycles. The Balaban J connectivity index is 1.18. The largest absolute Gasteiger partial charge is 0.309 e. The second-order valence-electron chi connectivity index (χ2n) is 13.7. The summed E-state index contributed by atoms with van der Waals surface area (Å²) in [5.41, 5.74) is 9.64. The van der Waals surface area contributed by atoms with Crippen molar-refractivity contribution in [1.29, 1.82) is 0 Å². The van der Waals surface area contributed by atoms with E-state index in [2.05, 4.69) is 137 Å². The van der Waals surface area contributed by atoms with Crippen LogP contribution in [0.15, 0.2) is 188 Å². The standard InChI is InChI=1S/C49H31N5/c1-4-16-33(17-5-1)47-50-48(34-18-6-2-7-19-34)52-49(51-47)35-20-14-23-37(29-35)53-43-26-13-12-25-39(43)41-30-42-40-28-27-32-15-10-11-24-38(32)46(40)54(45(42)31-44(41)53)36-21-8-3-9-22-36/h1-31H. The lowest BCUT2D eigenvalue weighted by Crippen LogP contribution is -2.01. The summed E-state index contributed by atoms with van der Waals surface area (Å²) in [6.07, 6.45) is 0. The summed E-state index contributed by atoms with van der Waals surface area (Å²) < 4.78 is 4.82. The fraction of sp³-hybridized carbons (Fsp3) is 0. The molecule has 0 atom stereocenters. The molecule has 0 saturated carbocycles. The summed E-state index contributed by atoms with van der Waals surface area (Å²) in [7, 11) is 0. The lowest BCUT2D eigenvalue weighted by molar-refractivity contribution is 1.07. The molecule has 0 aliphatic heterocycles. The molecule has 3 aromatic heterocycles. The number of aromatic nitrogens is 5. The second kappa shape index (κ2) is 12.1. The summed E-state index contributed by atoms with van der Waals surface area (Å²) in [5.74, 6) is 1.92. The van der Waals surface area contributed by atoms with Gasteiger partial charge in [0.15, 0.2) is 17.5 Å². The first-order chi connectivity index (χ1) is 26.8. The van der Waals surface area contributed by atoms with Gasteiger partial charge in [0.2, 0.25) is 0 Å². The number of hydrogen-bond acceptors (Lipinski definition) is 3. The van der Waals surface area contributed by atoms with Gasteiger partial charge in [-0.05, 0) is 47.9 Å². The van der Waals surface area contributed by atoms with Crippen molar-refractivity contribution in [3.05, 3.63) is 188 Å². The van der Waals surface area contributed by atoms with E-state index in [0.29, 0.717) is 17.5 Å². The Morgan fingerprint density at radius 2 is 0.833 bits per heavy atom. The number of fused-ring (bicyclic) bond motifs is 8. The summed E-state index contributed by atoms with van der Waals surface area (Å²) in [6, 6.07) is 66.2. The lowest BCUT2D eigenvalue weighted by Gasteiger charge is -2.12. The van der Waals surface area contributed by atoms with Crippen molar-refractivity contribution >= 4 is 54.4 Å². The van der Waals surface area contributed by atoms with Crippen molar-refractivity contribution in [3.63, 3.8) is 0 Å². The van der Waals surface area contributed by atoms with E-state index >= 15 is 0 Å². The summed E-state index contributed by atoms with van der Waals surface area (Å²) in [5, 5.41) is 7.36. The van der Waals surface area contributed by atoms with Crippen LogP contribution in [-0.4, -0.2) is 24.1 Å². The molecule has 0 N–H and O–H groups in total. The summed E-state index contributed by atoms with van der Waals surface area (Å²) in [4.78, 5) is 15.0. The van der Waals surface area contributed by atoms with Crippen LogP contribution >= 0.6 is 0 Å². The monoisotopic (exact) mass is 689 g/mol. The van der Waals surface area contributed by atoms with Crippen LogP contribution in [0.5, 0.6) is 0 Å². The van der Waals surface area contributed by atoms with Gasteiger partial charge in [-0.1, -0.05) is 146 Å². The number of nitrogens with zero attached hydrogens (tertiary/aromatic N) is 5. The van der Waals surface area contributed by atoms with E-state index in [-0.39, 0.29) is 0 Å². The molecule has 252 valence electrons. The van der Waals surface area contributed by atoms with E-state index in [1.165, 1.54) is 37.8 Å². The molecule has 54 heavy (non-hydrogen) atoms. The highest BCUT2D eigenvalue weighted by molar-refractivity contribution is 6.23. The average Bonchev–Trinajstić information content (AvgIpc) is 3.76. The van der Waals surface area contributed by atoms with Gasteiger partial charge in [-0.3, -0.25) is 0 Å². The van der Waals surface area contributed by atoms with Gasteiger partial charge < -0.3 is 9.13 Å². The van der Waals surface area contributed by atoms with Crippen molar-refractivity contribution in [1.82, 2.24) is 24.1 Å². The van der Waals surface area contributed by atoms with Gasteiger partial charge in [0.25, 0.3) is 0 Å². The average molecular weight is 690 g/mol. The topological polar surface area (TPSA) is 48.5 Å². The molecule has 5 nitrogen and oxygen atoms in total. The van der Waals surface area contributed by atoms with Gasteiger partial charge in [-0.15, -0.1) is 0 Å². The van der Waals surface area contributed by atoms with Gasteiger partial charge in [0, 0.05) is 55.0 Å². The molecule has 0 fully saturated rings. The van der Waals surface area contributed by atoms with E-state index in [1.807, 2.05) is 60.7 Å². The Morgan fingerprint density at radius 1 is 0.296 bits per heavy atom. The van der Waals surface area contributed by atoms with Crippen molar-refractivity contribution in [3.8, 4) is 45.5 Å². The maximum Gasteiger partial charge on any atom is 0.164 e. The van der Waals surface area contributed by atoms with Crippen molar-refractivity contribution < 1.29 is 0 Å². The molecule has 0 bridgehead atoms. The minimum absolute atomic E-state index is 0.629. The zero-order chi connectivity index (χ0) is 35.6. The third-order valence-corrected chi connectivity index (χ3v) is 10.5. The van der Waals surface area contributed by atoms with E-state index in [0.717, 1.165) is 44.6 Å². The second-order valence-corrected chi connectivity index (χ2v) is 13.7. The molecule has 5 heteroatoms. The Kier molecular flexibility index (Phi) is 6.79. The van der Waals surface area contributed by atoms with Crippen LogP contribution in [0.2, 0.25) is 0 Å². The number of rotatable bonds is 5. The highest BCUT2D eigenvalue weighted by Crippen LogP contribution is 2.42. The fourth-order valence-corrected chi connectivity index (χ4v) is 8.08. The minimum Gasteiger partial charge on any atom is -0.309 e. The molecule has 0 aliphatic rings. The van der Waals surface area contributed by atoms with Crippen LogP contribution in [0.3, 0.4) is 0 Å². The van der Waals surface area contributed by atoms with Gasteiger partial charge in [0.1, 0.15) is 0 Å². The Labute approximate surface area is 311 Å². The third-order valence-electron chi connectivity index (χ3n) is 10.5. The van der Waals surface area contributed by atoms with Crippen LogP contribution in [0, 0.1) is 0 Å². The van der Waals surface area contributed by atoms with E-state index in [1.54, 1.807) is 0 Å². The van der Waals surface area contributed by atoms with Gasteiger partial charge in [0.05, 0.1) is 22.1 Å². The Hall–Kier alpha value is -7.37. The third kappa shape index (κ3) is 4.76. The lowest BCUT2D eigenvalue weighted by atomic mass is 10.0. The molecule has 11 rings (SSSR count). The van der Waals surface area contributed by atoms with Crippen molar-refractivity contribution in [2.45, 2.75) is 0 Å².